The number of hydrogen-bond acceptors (Lipinski definition) is 6. The summed E-state index contributed by atoms with van der Waals surface area (Å²) in [5.41, 5.74) is 2.41. The molecular weight excluding hydrogens is 424 g/mol. The summed E-state index contributed by atoms with van der Waals surface area (Å²) in [5.74, 6) is 0.300. The average Bonchev–Trinajstić information content (AvgIpc) is 3.04. The van der Waals surface area contributed by atoms with Gasteiger partial charge in [0.05, 0.1) is 19.9 Å². The minimum atomic E-state index is -0.440. The predicted molar refractivity (Wildman–Crippen MR) is 126 cm³/mol. The maximum atomic E-state index is 13.5. The Morgan fingerprint density at radius 3 is 2.16 bits per heavy atom. The maximum Gasteiger partial charge on any atom is 0.283 e. The van der Waals surface area contributed by atoms with Crippen LogP contribution >= 0.6 is 11.8 Å². The third-order valence-electron chi connectivity index (χ3n) is 4.97. The number of benzene rings is 3. The molecule has 7 heteroatoms. The predicted octanol–water partition coefficient (Wildman–Crippen LogP) is 5.00. The SMILES string of the molecule is COc1ccc(NC2=C(Sc3ccc(C)cc3)C(=O)N(c3ccccc3OC)C2=O)cc1. The number of anilines is 2. The Balaban J connectivity index is 1.74. The van der Waals surface area contributed by atoms with E-state index in [1.807, 2.05) is 31.2 Å². The second-order valence-corrected chi connectivity index (χ2v) is 8.17. The van der Waals surface area contributed by atoms with Crippen LogP contribution in [0.15, 0.2) is 88.3 Å². The first-order valence-electron chi connectivity index (χ1n) is 9.93. The van der Waals surface area contributed by atoms with Gasteiger partial charge in [-0.25, -0.2) is 4.90 Å². The normalized spacial score (nSPS) is 13.5. The van der Waals surface area contributed by atoms with Crippen molar-refractivity contribution < 1.29 is 19.1 Å². The molecule has 1 N–H and O–H groups in total. The van der Waals surface area contributed by atoms with E-state index in [0.717, 1.165) is 15.4 Å². The number of imide groups is 1. The monoisotopic (exact) mass is 446 g/mol. The van der Waals surface area contributed by atoms with Crippen LogP contribution in [0.4, 0.5) is 11.4 Å². The molecular formula is C25H22N2O4S. The van der Waals surface area contributed by atoms with Crippen molar-refractivity contribution in [2.45, 2.75) is 11.8 Å². The van der Waals surface area contributed by atoms with Gasteiger partial charge < -0.3 is 14.8 Å². The largest absolute Gasteiger partial charge is 0.497 e. The third-order valence-corrected chi connectivity index (χ3v) is 6.06. The van der Waals surface area contributed by atoms with Gasteiger partial charge in [0, 0.05) is 10.6 Å². The zero-order valence-electron chi connectivity index (χ0n) is 17.9. The minimum absolute atomic E-state index is 0.219. The Labute approximate surface area is 190 Å². The van der Waals surface area contributed by atoms with E-state index in [1.165, 1.54) is 18.9 Å². The number of ether oxygens (including phenoxy) is 2. The number of carbonyl (C=O) groups is 2. The fourth-order valence-electron chi connectivity index (χ4n) is 3.29. The second-order valence-electron chi connectivity index (χ2n) is 7.09. The van der Waals surface area contributed by atoms with E-state index < -0.39 is 11.8 Å². The lowest BCUT2D eigenvalue weighted by atomic mass is 10.2. The number of nitrogens with zero attached hydrogens (tertiary/aromatic N) is 1. The fraction of sp³-hybridized carbons (Fsp3) is 0.120. The third kappa shape index (κ3) is 4.20. The first kappa shape index (κ1) is 21.5. The van der Waals surface area contributed by atoms with E-state index >= 15 is 0 Å². The smallest absolute Gasteiger partial charge is 0.283 e. The highest BCUT2D eigenvalue weighted by atomic mass is 32.2. The summed E-state index contributed by atoms with van der Waals surface area (Å²) in [7, 11) is 3.10. The van der Waals surface area contributed by atoms with Crippen molar-refractivity contribution in [3.05, 3.63) is 89.0 Å². The molecule has 0 aliphatic carbocycles. The minimum Gasteiger partial charge on any atom is -0.497 e. The number of carbonyl (C=O) groups excluding carboxylic acids is 2. The molecule has 0 saturated carbocycles. The molecule has 0 spiro atoms. The number of methoxy groups -OCH3 is 2. The number of aryl methyl sites for hydroxylation is 1. The van der Waals surface area contributed by atoms with E-state index in [-0.39, 0.29) is 5.70 Å². The molecule has 32 heavy (non-hydrogen) atoms. The molecule has 0 saturated heterocycles. The molecule has 0 fully saturated rings. The van der Waals surface area contributed by atoms with Gasteiger partial charge in [-0.05, 0) is 55.5 Å². The van der Waals surface area contributed by atoms with Crippen LogP contribution in [0.2, 0.25) is 0 Å². The van der Waals surface area contributed by atoms with Gasteiger partial charge in [0.15, 0.2) is 0 Å². The summed E-state index contributed by atoms with van der Waals surface area (Å²) in [6.07, 6.45) is 0. The van der Waals surface area contributed by atoms with Crippen molar-refractivity contribution in [2.75, 3.05) is 24.4 Å². The number of hydrogen-bond donors (Lipinski definition) is 1. The number of nitrogens with one attached hydrogen (secondary N) is 1. The molecule has 0 aromatic heterocycles. The van der Waals surface area contributed by atoms with Crippen molar-refractivity contribution in [1.82, 2.24) is 0 Å². The fourth-order valence-corrected chi connectivity index (χ4v) is 4.22. The van der Waals surface area contributed by atoms with Crippen LogP contribution in [0.5, 0.6) is 11.5 Å². The summed E-state index contributed by atoms with van der Waals surface area (Å²) >= 11 is 1.26. The molecule has 2 amide bonds. The summed E-state index contributed by atoms with van der Waals surface area (Å²) in [4.78, 5) is 29.3. The lowest BCUT2D eigenvalue weighted by molar-refractivity contribution is -0.120. The van der Waals surface area contributed by atoms with Gasteiger partial charge >= 0.3 is 0 Å². The zero-order valence-corrected chi connectivity index (χ0v) is 18.7. The van der Waals surface area contributed by atoms with Crippen LogP contribution in [0.1, 0.15) is 5.56 Å². The van der Waals surface area contributed by atoms with Crippen LogP contribution in [0.25, 0.3) is 0 Å². The summed E-state index contributed by atoms with van der Waals surface area (Å²) in [5, 5.41) is 3.14. The van der Waals surface area contributed by atoms with E-state index in [1.54, 1.807) is 55.6 Å². The highest BCUT2D eigenvalue weighted by Crippen LogP contribution is 2.40. The van der Waals surface area contributed by atoms with E-state index in [2.05, 4.69) is 5.32 Å². The quantitative estimate of drug-likeness (QED) is 0.515. The van der Waals surface area contributed by atoms with Gasteiger partial charge in [0.1, 0.15) is 22.1 Å². The Bertz CT molecular complexity index is 1190. The molecule has 0 unspecified atom stereocenters. The molecule has 1 aliphatic heterocycles. The van der Waals surface area contributed by atoms with Crippen molar-refractivity contribution in [3.63, 3.8) is 0 Å². The zero-order chi connectivity index (χ0) is 22.7. The van der Waals surface area contributed by atoms with Crippen molar-refractivity contribution in [2.24, 2.45) is 0 Å². The number of thioether (sulfide) groups is 1. The van der Waals surface area contributed by atoms with E-state index in [9.17, 15) is 9.59 Å². The summed E-state index contributed by atoms with van der Waals surface area (Å²) < 4.78 is 10.6. The van der Waals surface area contributed by atoms with Crippen LogP contribution in [-0.4, -0.2) is 26.0 Å². The molecule has 0 radical (unpaired) electrons. The molecule has 1 heterocycles. The Morgan fingerprint density at radius 1 is 0.812 bits per heavy atom. The van der Waals surface area contributed by atoms with Gasteiger partial charge in [0.2, 0.25) is 0 Å². The van der Waals surface area contributed by atoms with Gasteiger partial charge in [-0.3, -0.25) is 9.59 Å². The summed E-state index contributed by atoms with van der Waals surface area (Å²) in [6, 6.07) is 21.9. The molecule has 3 aromatic rings. The maximum absolute atomic E-state index is 13.5. The van der Waals surface area contributed by atoms with Crippen LogP contribution < -0.4 is 19.7 Å². The molecule has 4 rings (SSSR count). The molecule has 1 aliphatic rings. The Hall–Kier alpha value is -3.71. The van der Waals surface area contributed by atoms with Gasteiger partial charge in [0.25, 0.3) is 11.8 Å². The van der Waals surface area contributed by atoms with Crippen LogP contribution in [0, 0.1) is 6.92 Å². The Kier molecular flexibility index (Phi) is 6.18. The molecule has 6 nitrogen and oxygen atoms in total. The Morgan fingerprint density at radius 2 is 1.50 bits per heavy atom. The highest BCUT2D eigenvalue weighted by molar-refractivity contribution is 8.04. The van der Waals surface area contributed by atoms with E-state index in [0.29, 0.717) is 27.8 Å². The van der Waals surface area contributed by atoms with Gasteiger partial charge in [-0.2, -0.15) is 0 Å². The number of para-hydroxylation sites is 2. The van der Waals surface area contributed by atoms with Gasteiger partial charge in [-0.15, -0.1) is 0 Å². The standard InChI is InChI=1S/C25H22N2O4S/c1-16-8-14-19(15-9-16)32-23-22(26-17-10-12-18(30-2)13-11-17)24(28)27(25(23)29)20-6-4-5-7-21(20)31-3/h4-15,26H,1-3H3. The average molecular weight is 447 g/mol. The lowest BCUT2D eigenvalue weighted by Gasteiger charge is -2.18. The number of amides is 2. The summed E-state index contributed by atoms with van der Waals surface area (Å²) in [6.45, 7) is 2.00. The van der Waals surface area contributed by atoms with E-state index in [4.69, 9.17) is 9.47 Å². The number of rotatable bonds is 7. The molecule has 162 valence electrons. The van der Waals surface area contributed by atoms with Crippen molar-refractivity contribution >= 4 is 35.0 Å². The molecule has 3 aromatic carbocycles. The van der Waals surface area contributed by atoms with Crippen molar-refractivity contribution in [1.29, 1.82) is 0 Å². The molecule has 0 atom stereocenters. The van der Waals surface area contributed by atoms with Crippen LogP contribution in [-0.2, 0) is 9.59 Å². The van der Waals surface area contributed by atoms with Crippen LogP contribution in [0.3, 0.4) is 0 Å². The highest BCUT2D eigenvalue weighted by Gasteiger charge is 2.41. The van der Waals surface area contributed by atoms with Crippen molar-refractivity contribution in [3.8, 4) is 11.5 Å². The first-order valence-corrected chi connectivity index (χ1v) is 10.7. The topological polar surface area (TPSA) is 67.9 Å². The first-order chi connectivity index (χ1) is 15.5. The lowest BCUT2D eigenvalue weighted by Crippen LogP contribution is -2.32. The van der Waals surface area contributed by atoms with Gasteiger partial charge in [-0.1, -0.05) is 41.6 Å². The second kappa shape index (κ2) is 9.20. The molecule has 0 bridgehead atoms.